The molecule has 0 spiro atoms. The Bertz CT molecular complexity index is 616. The summed E-state index contributed by atoms with van der Waals surface area (Å²) >= 11 is 0. The average Bonchev–Trinajstić information content (AvgIpc) is 2.78. The molecule has 128 valence electrons. The molecule has 0 saturated heterocycles. The van der Waals surface area contributed by atoms with E-state index in [0.29, 0.717) is 23.2 Å². The summed E-state index contributed by atoms with van der Waals surface area (Å²) in [5.74, 6) is -0.540. The van der Waals surface area contributed by atoms with Crippen molar-refractivity contribution in [2.45, 2.75) is 47.1 Å². The third-order valence-corrected chi connectivity index (χ3v) is 4.01. The number of aromatic nitrogens is 1. The Balaban J connectivity index is 3.08. The lowest BCUT2D eigenvalue weighted by Crippen LogP contribution is -2.41. The van der Waals surface area contributed by atoms with Crippen LogP contribution in [0.4, 0.5) is 0 Å². The Morgan fingerprint density at radius 1 is 1.17 bits per heavy atom. The molecule has 1 aromatic rings. The number of aromatic amines is 1. The highest BCUT2D eigenvalue weighted by molar-refractivity contribution is 6.06. The molecule has 0 aliphatic carbocycles. The molecule has 1 amide bonds. The number of nitrogens with zero attached hydrogens (tertiary/aromatic N) is 1. The smallest absolute Gasteiger partial charge is 0.354 e. The van der Waals surface area contributed by atoms with Crippen molar-refractivity contribution in [3.63, 3.8) is 0 Å². The van der Waals surface area contributed by atoms with Crippen molar-refractivity contribution in [1.29, 1.82) is 0 Å². The molecule has 0 aliphatic rings. The van der Waals surface area contributed by atoms with Gasteiger partial charge in [-0.25, -0.2) is 4.79 Å². The maximum atomic E-state index is 12.8. The maximum Gasteiger partial charge on any atom is 0.354 e. The van der Waals surface area contributed by atoms with Crippen molar-refractivity contribution in [3.8, 4) is 0 Å². The number of hydrogen-bond donors (Lipinski definition) is 1. The number of ether oxygens (including phenoxy) is 1. The molecule has 6 nitrogen and oxygen atoms in total. The van der Waals surface area contributed by atoms with Crippen LogP contribution in [0.15, 0.2) is 0 Å². The number of H-pyrrole nitrogens is 1. The van der Waals surface area contributed by atoms with E-state index in [1.54, 1.807) is 27.8 Å². The summed E-state index contributed by atoms with van der Waals surface area (Å²) < 4.78 is 4.71. The Hall–Kier alpha value is -2.11. The molecule has 1 aromatic heterocycles. The van der Waals surface area contributed by atoms with Gasteiger partial charge in [-0.15, -0.1) is 0 Å². The number of methoxy groups -OCH3 is 1. The minimum absolute atomic E-state index is 0.0696. The molecule has 0 aromatic carbocycles. The minimum Gasteiger partial charge on any atom is -0.464 e. The van der Waals surface area contributed by atoms with E-state index < -0.39 is 12.0 Å². The van der Waals surface area contributed by atoms with Crippen LogP contribution in [0, 0.1) is 19.8 Å². The summed E-state index contributed by atoms with van der Waals surface area (Å²) in [6.07, 6.45) is 0.395. The second kappa shape index (κ2) is 7.44. The number of rotatable bonds is 6. The molecule has 1 rings (SSSR count). The van der Waals surface area contributed by atoms with Gasteiger partial charge in [0.1, 0.15) is 5.69 Å². The van der Waals surface area contributed by atoms with Gasteiger partial charge in [0, 0.05) is 24.7 Å². The quantitative estimate of drug-likeness (QED) is 0.644. The Morgan fingerprint density at radius 3 is 2.22 bits per heavy atom. The Labute approximate surface area is 137 Å². The first-order valence-corrected chi connectivity index (χ1v) is 7.69. The predicted octanol–water partition coefficient (Wildman–Crippen LogP) is 2.49. The first-order chi connectivity index (χ1) is 10.6. The third kappa shape index (κ3) is 4.00. The maximum absolute atomic E-state index is 12.8. The van der Waals surface area contributed by atoms with Crippen LogP contribution in [-0.4, -0.2) is 47.7 Å². The van der Waals surface area contributed by atoms with Gasteiger partial charge >= 0.3 is 5.97 Å². The average molecular weight is 322 g/mol. The number of hydrogen-bond acceptors (Lipinski definition) is 4. The van der Waals surface area contributed by atoms with Crippen LogP contribution in [0.5, 0.6) is 0 Å². The van der Waals surface area contributed by atoms with E-state index in [0.717, 1.165) is 0 Å². The SMILES string of the molecule is COC(=O)c1[nH]c(C)c(C(=O)[C@@H](C)N(C)C(=O)CC(C)C)c1C. The second-order valence-corrected chi connectivity index (χ2v) is 6.26. The van der Waals surface area contributed by atoms with Crippen molar-refractivity contribution >= 4 is 17.7 Å². The molecule has 0 unspecified atom stereocenters. The number of esters is 1. The van der Waals surface area contributed by atoms with Crippen LogP contribution in [-0.2, 0) is 9.53 Å². The van der Waals surface area contributed by atoms with Gasteiger partial charge in [-0.1, -0.05) is 13.8 Å². The van der Waals surface area contributed by atoms with Gasteiger partial charge in [0.15, 0.2) is 5.78 Å². The molecule has 0 fully saturated rings. The van der Waals surface area contributed by atoms with E-state index in [4.69, 9.17) is 4.74 Å². The number of likely N-dealkylation sites (N-methyl/N-ethyl adjacent to an activating group) is 1. The summed E-state index contributed by atoms with van der Waals surface area (Å²) in [4.78, 5) is 41.0. The molecule has 1 heterocycles. The zero-order chi connectivity index (χ0) is 17.9. The van der Waals surface area contributed by atoms with E-state index in [1.165, 1.54) is 12.0 Å². The lowest BCUT2D eigenvalue weighted by Gasteiger charge is -2.25. The van der Waals surface area contributed by atoms with Crippen molar-refractivity contribution in [3.05, 3.63) is 22.5 Å². The van der Waals surface area contributed by atoms with Crippen molar-refractivity contribution in [2.24, 2.45) is 5.92 Å². The highest BCUT2D eigenvalue weighted by Gasteiger charge is 2.29. The largest absolute Gasteiger partial charge is 0.464 e. The minimum atomic E-state index is -0.597. The highest BCUT2D eigenvalue weighted by atomic mass is 16.5. The van der Waals surface area contributed by atoms with Gasteiger partial charge in [-0.3, -0.25) is 9.59 Å². The molecule has 0 radical (unpaired) electrons. The molecule has 1 atom stereocenters. The fourth-order valence-corrected chi connectivity index (χ4v) is 2.52. The van der Waals surface area contributed by atoms with Gasteiger partial charge < -0.3 is 14.6 Å². The zero-order valence-corrected chi connectivity index (χ0v) is 14.9. The van der Waals surface area contributed by atoms with E-state index in [1.807, 2.05) is 13.8 Å². The standard InChI is InChI=1S/C17H26N2O4/c1-9(2)8-13(20)19(6)12(5)16(21)14-10(3)15(17(22)23-7)18-11(14)4/h9,12,18H,8H2,1-7H3/t12-/m1/s1. The van der Waals surface area contributed by atoms with Gasteiger partial charge in [-0.05, 0) is 32.3 Å². The molecular weight excluding hydrogens is 296 g/mol. The molecule has 0 saturated carbocycles. The van der Waals surface area contributed by atoms with Crippen LogP contribution >= 0.6 is 0 Å². The molecule has 0 bridgehead atoms. The van der Waals surface area contributed by atoms with Crippen LogP contribution in [0.25, 0.3) is 0 Å². The molecular formula is C17H26N2O4. The highest BCUT2D eigenvalue weighted by Crippen LogP contribution is 2.22. The predicted molar refractivity (Wildman–Crippen MR) is 87.6 cm³/mol. The number of carbonyl (C=O) groups is 3. The lowest BCUT2D eigenvalue weighted by molar-refractivity contribution is -0.131. The number of carbonyl (C=O) groups excluding carboxylic acids is 3. The van der Waals surface area contributed by atoms with Gasteiger partial charge in [0.25, 0.3) is 0 Å². The van der Waals surface area contributed by atoms with E-state index in [9.17, 15) is 14.4 Å². The Morgan fingerprint density at radius 2 is 1.74 bits per heavy atom. The van der Waals surface area contributed by atoms with Crippen molar-refractivity contribution in [1.82, 2.24) is 9.88 Å². The van der Waals surface area contributed by atoms with Crippen LogP contribution < -0.4 is 0 Å². The zero-order valence-electron chi connectivity index (χ0n) is 14.9. The van der Waals surface area contributed by atoms with Crippen LogP contribution in [0.3, 0.4) is 0 Å². The molecule has 6 heteroatoms. The second-order valence-electron chi connectivity index (χ2n) is 6.26. The third-order valence-electron chi connectivity index (χ3n) is 4.01. The number of Topliss-reactive ketones (excluding diaryl/α,β-unsaturated/α-hetero) is 1. The number of amides is 1. The summed E-state index contributed by atoms with van der Waals surface area (Å²) in [5, 5.41) is 0. The van der Waals surface area contributed by atoms with E-state index >= 15 is 0 Å². The fraction of sp³-hybridized carbons (Fsp3) is 0.588. The van der Waals surface area contributed by atoms with Crippen molar-refractivity contribution < 1.29 is 19.1 Å². The number of aryl methyl sites for hydroxylation is 1. The normalized spacial score (nSPS) is 12.2. The Kier molecular flexibility index (Phi) is 6.12. The monoisotopic (exact) mass is 322 g/mol. The van der Waals surface area contributed by atoms with Crippen LogP contribution in [0.1, 0.15) is 59.3 Å². The van der Waals surface area contributed by atoms with Gasteiger partial charge in [0.2, 0.25) is 5.91 Å². The number of ketones is 1. The summed E-state index contributed by atoms with van der Waals surface area (Å²) in [7, 11) is 2.92. The molecule has 0 aliphatic heterocycles. The van der Waals surface area contributed by atoms with Crippen LogP contribution in [0.2, 0.25) is 0 Å². The fourth-order valence-electron chi connectivity index (χ4n) is 2.52. The molecule has 1 N–H and O–H groups in total. The van der Waals surface area contributed by atoms with Gasteiger partial charge in [0.05, 0.1) is 13.2 Å². The van der Waals surface area contributed by atoms with E-state index in [-0.39, 0.29) is 23.3 Å². The summed E-state index contributed by atoms with van der Waals surface area (Å²) in [6, 6.07) is -0.597. The van der Waals surface area contributed by atoms with E-state index in [2.05, 4.69) is 4.98 Å². The topological polar surface area (TPSA) is 79.5 Å². The lowest BCUT2D eigenvalue weighted by atomic mass is 9.99. The number of nitrogens with one attached hydrogen (secondary N) is 1. The van der Waals surface area contributed by atoms with Gasteiger partial charge in [-0.2, -0.15) is 0 Å². The molecule has 23 heavy (non-hydrogen) atoms. The first kappa shape index (κ1) is 18.9. The summed E-state index contributed by atoms with van der Waals surface area (Å²) in [5.41, 5.74) is 1.87. The first-order valence-electron chi connectivity index (χ1n) is 7.69. The summed E-state index contributed by atoms with van der Waals surface area (Å²) in [6.45, 7) is 9.05. The van der Waals surface area contributed by atoms with Crippen molar-refractivity contribution in [2.75, 3.05) is 14.2 Å².